The number of likely N-dealkylation sites (tertiary alicyclic amines) is 1. The predicted molar refractivity (Wildman–Crippen MR) is 169 cm³/mol. The van der Waals surface area contributed by atoms with Crippen molar-refractivity contribution in [2.45, 2.75) is 102 Å². The second-order valence-electron chi connectivity index (χ2n) is 13.0. The Bertz CT molecular complexity index is 1050. The lowest BCUT2D eigenvalue weighted by molar-refractivity contribution is -0.131. The average molecular weight is 599 g/mol. The fourth-order valence-corrected chi connectivity index (χ4v) is 7.25. The van der Waals surface area contributed by atoms with Gasteiger partial charge in [0.15, 0.2) is 0 Å². The van der Waals surface area contributed by atoms with Gasteiger partial charge in [0.05, 0.1) is 0 Å². The molecule has 1 aromatic rings. The van der Waals surface area contributed by atoms with E-state index >= 15 is 0 Å². The molecule has 0 aromatic heterocycles. The fraction of sp³-hybridized carbons (Fsp3) is 0.667. The molecule has 1 saturated heterocycles. The van der Waals surface area contributed by atoms with Gasteiger partial charge >= 0.3 is 6.09 Å². The van der Waals surface area contributed by atoms with Gasteiger partial charge in [-0.15, -0.1) is 0 Å². The van der Waals surface area contributed by atoms with Crippen LogP contribution >= 0.6 is 11.8 Å². The number of carbonyl (C=O) groups excluding carboxylic acids is 3. The molecule has 2 aliphatic heterocycles. The van der Waals surface area contributed by atoms with Gasteiger partial charge in [0, 0.05) is 38.0 Å². The van der Waals surface area contributed by atoms with E-state index < -0.39 is 23.8 Å². The van der Waals surface area contributed by atoms with Crippen LogP contribution < -0.4 is 10.6 Å². The van der Waals surface area contributed by atoms with Gasteiger partial charge in [0.2, 0.25) is 11.8 Å². The third-order valence-electron chi connectivity index (χ3n) is 8.31. The minimum Gasteiger partial charge on any atom is -0.444 e. The molecule has 2 atom stereocenters. The van der Waals surface area contributed by atoms with E-state index in [0.717, 1.165) is 38.2 Å². The largest absolute Gasteiger partial charge is 0.444 e. The molecule has 2 heterocycles. The molecule has 3 aliphatic rings. The number of hydrogen-bond donors (Lipinski definition) is 2. The highest BCUT2D eigenvalue weighted by Gasteiger charge is 2.35. The van der Waals surface area contributed by atoms with Crippen LogP contribution in [0.2, 0.25) is 0 Å². The number of piperidine rings is 1. The Labute approximate surface area is 256 Å². The van der Waals surface area contributed by atoms with E-state index in [2.05, 4.69) is 39.8 Å². The molecule has 232 valence electrons. The van der Waals surface area contributed by atoms with Crippen LogP contribution in [0.4, 0.5) is 4.79 Å². The van der Waals surface area contributed by atoms with E-state index in [-0.39, 0.29) is 17.9 Å². The SMILES string of the molecule is CC(C)(C)OC(=O)N1CC=CC[C@H]1C(=O)N[C@@H](CSCC1CCCCC1)C(=O)NC1CCN(Cc2ccccc2)CC1. The summed E-state index contributed by atoms with van der Waals surface area (Å²) in [5, 5.41) is 6.29. The Morgan fingerprint density at radius 2 is 1.71 bits per heavy atom. The lowest BCUT2D eigenvalue weighted by Gasteiger charge is -2.35. The molecule has 42 heavy (non-hydrogen) atoms. The molecule has 3 amide bonds. The predicted octanol–water partition coefficient (Wildman–Crippen LogP) is 5.13. The minimum absolute atomic E-state index is 0.0862. The van der Waals surface area contributed by atoms with Gasteiger partial charge in [-0.25, -0.2) is 4.79 Å². The van der Waals surface area contributed by atoms with Crippen molar-refractivity contribution in [3.8, 4) is 0 Å². The zero-order valence-electron chi connectivity index (χ0n) is 25.7. The molecule has 8 nitrogen and oxygen atoms in total. The van der Waals surface area contributed by atoms with Gasteiger partial charge in [0.1, 0.15) is 17.7 Å². The summed E-state index contributed by atoms with van der Waals surface area (Å²) in [5.41, 5.74) is 0.643. The number of nitrogens with zero attached hydrogens (tertiary/aromatic N) is 2. The maximum absolute atomic E-state index is 13.6. The zero-order valence-corrected chi connectivity index (χ0v) is 26.5. The highest BCUT2D eigenvalue weighted by molar-refractivity contribution is 7.99. The minimum atomic E-state index is -0.704. The first-order valence-electron chi connectivity index (χ1n) is 15.8. The van der Waals surface area contributed by atoms with Crippen LogP contribution in [0.15, 0.2) is 42.5 Å². The summed E-state index contributed by atoms with van der Waals surface area (Å²) in [5.74, 6) is 1.78. The molecular formula is C33H50N4O4S. The summed E-state index contributed by atoms with van der Waals surface area (Å²) in [6.45, 7) is 8.52. The quantitative estimate of drug-likeness (QED) is 0.363. The normalized spacial score (nSPS) is 21.5. The van der Waals surface area contributed by atoms with Gasteiger partial charge < -0.3 is 15.4 Å². The molecule has 1 aliphatic carbocycles. The third-order valence-corrected chi connectivity index (χ3v) is 9.59. The summed E-state index contributed by atoms with van der Waals surface area (Å²) >= 11 is 1.76. The van der Waals surface area contributed by atoms with Crippen molar-refractivity contribution in [1.82, 2.24) is 20.4 Å². The Balaban J connectivity index is 1.34. The Kier molecular flexibility index (Phi) is 12.2. The maximum Gasteiger partial charge on any atom is 0.411 e. The van der Waals surface area contributed by atoms with Crippen molar-refractivity contribution in [2.24, 2.45) is 5.92 Å². The summed E-state index contributed by atoms with van der Waals surface area (Å²) in [7, 11) is 0. The van der Waals surface area contributed by atoms with Gasteiger partial charge in [-0.2, -0.15) is 11.8 Å². The number of carbonyl (C=O) groups is 3. The Hall–Kier alpha value is -2.52. The number of thioether (sulfide) groups is 1. The lowest BCUT2D eigenvalue weighted by atomic mass is 9.91. The van der Waals surface area contributed by atoms with E-state index in [1.807, 2.05) is 39.0 Å². The molecule has 2 N–H and O–H groups in total. The fourth-order valence-electron chi connectivity index (χ4n) is 5.97. The van der Waals surface area contributed by atoms with Crippen molar-refractivity contribution in [2.75, 3.05) is 31.1 Å². The molecule has 1 aromatic carbocycles. The van der Waals surface area contributed by atoms with Crippen molar-refractivity contribution < 1.29 is 19.1 Å². The van der Waals surface area contributed by atoms with Crippen LogP contribution in [0.25, 0.3) is 0 Å². The summed E-state index contributed by atoms with van der Waals surface area (Å²) in [4.78, 5) is 44.0. The second kappa shape index (κ2) is 15.8. The molecule has 2 fully saturated rings. The van der Waals surface area contributed by atoms with Crippen LogP contribution in [-0.4, -0.2) is 82.6 Å². The molecule has 4 rings (SSSR count). The number of nitrogens with one attached hydrogen (secondary N) is 2. The van der Waals surface area contributed by atoms with Gasteiger partial charge in [-0.3, -0.25) is 19.4 Å². The number of rotatable bonds is 10. The summed E-state index contributed by atoms with van der Waals surface area (Å²) < 4.78 is 5.57. The van der Waals surface area contributed by atoms with E-state index in [1.54, 1.807) is 11.8 Å². The van der Waals surface area contributed by atoms with Gasteiger partial charge in [-0.05, 0) is 70.1 Å². The monoisotopic (exact) mass is 598 g/mol. The average Bonchev–Trinajstić information content (AvgIpc) is 2.98. The van der Waals surface area contributed by atoms with Crippen LogP contribution in [0.5, 0.6) is 0 Å². The van der Waals surface area contributed by atoms with Crippen LogP contribution in [0.3, 0.4) is 0 Å². The highest BCUT2D eigenvalue weighted by Crippen LogP contribution is 2.27. The van der Waals surface area contributed by atoms with E-state index in [1.165, 1.54) is 42.6 Å². The lowest BCUT2D eigenvalue weighted by Crippen LogP contribution is -2.58. The van der Waals surface area contributed by atoms with Crippen LogP contribution in [0.1, 0.15) is 77.7 Å². The first kappa shape index (κ1) is 32.4. The number of ether oxygens (including phenoxy) is 1. The third kappa shape index (κ3) is 10.3. The molecule has 9 heteroatoms. The summed E-state index contributed by atoms with van der Waals surface area (Å²) in [6.07, 6.45) is 11.8. The number of hydrogen-bond acceptors (Lipinski definition) is 6. The molecular weight excluding hydrogens is 548 g/mol. The Morgan fingerprint density at radius 1 is 1.00 bits per heavy atom. The first-order valence-corrected chi connectivity index (χ1v) is 16.9. The van der Waals surface area contributed by atoms with Gasteiger partial charge in [0.25, 0.3) is 0 Å². The van der Waals surface area contributed by atoms with E-state index in [4.69, 9.17) is 4.74 Å². The molecule has 0 bridgehead atoms. The maximum atomic E-state index is 13.6. The standard InChI is InChI=1S/C33H50N4O4S/c1-33(2,3)41-32(40)37-19-11-10-16-29(37)31(39)35-28(24-42-23-26-14-8-5-9-15-26)30(38)34-27-17-20-36(21-18-27)22-25-12-6-4-7-13-25/h4,6-7,10-13,26-29H,5,8-9,14-24H2,1-3H3,(H,34,38)(H,35,39)/t28-,29-/m0/s1. The van der Waals surface area contributed by atoms with Crippen molar-refractivity contribution in [3.63, 3.8) is 0 Å². The zero-order chi connectivity index (χ0) is 30.0. The highest BCUT2D eigenvalue weighted by atomic mass is 32.2. The van der Waals surface area contributed by atoms with Crippen LogP contribution in [-0.2, 0) is 20.9 Å². The first-order chi connectivity index (χ1) is 20.2. The van der Waals surface area contributed by atoms with Crippen molar-refractivity contribution >= 4 is 29.7 Å². The van der Waals surface area contributed by atoms with E-state index in [9.17, 15) is 14.4 Å². The summed E-state index contributed by atoms with van der Waals surface area (Å²) in [6, 6.07) is 9.20. The molecule has 1 saturated carbocycles. The van der Waals surface area contributed by atoms with Crippen molar-refractivity contribution in [3.05, 3.63) is 48.0 Å². The number of benzene rings is 1. The Morgan fingerprint density at radius 3 is 2.40 bits per heavy atom. The second-order valence-corrected chi connectivity index (χ2v) is 14.1. The number of amides is 3. The smallest absolute Gasteiger partial charge is 0.411 e. The van der Waals surface area contributed by atoms with Crippen LogP contribution in [0, 0.1) is 5.92 Å². The van der Waals surface area contributed by atoms with Gasteiger partial charge in [-0.1, -0.05) is 61.7 Å². The topological polar surface area (TPSA) is 91.0 Å². The van der Waals surface area contributed by atoms with Crippen molar-refractivity contribution in [1.29, 1.82) is 0 Å². The van der Waals surface area contributed by atoms with E-state index in [0.29, 0.717) is 24.6 Å². The molecule has 0 radical (unpaired) electrons. The molecule has 0 unspecified atom stereocenters. The molecule has 0 spiro atoms.